The molecular formula is C22H32ClN3O3S. The molecule has 0 amide bonds. The van der Waals surface area contributed by atoms with Crippen molar-refractivity contribution in [3.05, 3.63) is 46.2 Å². The Hall–Kier alpha value is -1.41. The Bertz CT molecular complexity index is 904. The molecule has 4 atom stereocenters. The second-order valence-electron chi connectivity index (χ2n) is 7.90. The monoisotopic (exact) mass is 453 g/mol. The third-order valence-electron chi connectivity index (χ3n) is 5.73. The van der Waals surface area contributed by atoms with Crippen molar-refractivity contribution in [2.75, 3.05) is 18.6 Å². The van der Waals surface area contributed by atoms with E-state index in [1.807, 2.05) is 37.0 Å². The topological polar surface area (TPSA) is 76.4 Å². The summed E-state index contributed by atoms with van der Waals surface area (Å²) in [4.78, 5) is 0. The number of aryl methyl sites for hydroxylation is 1. The highest BCUT2D eigenvalue weighted by atomic mass is 35.5. The summed E-state index contributed by atoms with van der Waals surface area (Å²) in [6, 6.07) is 4.01. The fraction of sp³-hybridized carbons (Fsp3) is 0.591. The number of ether oxygens (including phenoxy) is 1. The summed E-state index contributed by atoms with van der Waals surface area (Å²) < 4.78 is 19.6. The van der Waals surface area contributed by atoms with Gasteiger partial charge in [0.15, 0.2) is 0 Å². The zero-order valence-corrected chi connectivity index (χ0v) is 19.7. The standard InChI is InChI=1S/C20H26ClN3O3S.C2H6/c1-13-9-20(16-8-17(21)19(25)7-14(16)3-5-27-20)10-18(23-13)15-11-22-24(12-15)4-6-28(2)26;1-2/h7-8,11-13,18,23,25H,3-6,9-10H2,1-2H3;1-2H3. The molecule has 4 rings (SSSR count). The number of fused-ring (bicyclic) bond motifs is 2. The molecule has 0 radical (unpaired) electrons. The van der Waals surface area contributed by atoms with E-state index in [1.54, 1.807) is 12.3 Å². The second kappa shape index (κ2) is 9.81. The molecule has 3 heterocycles. The van der Waals surface area contributed by atoms with E-state index < -0.39 is 16.4 Å². The molecule has 4 unspecified atom stereocenters. The summed E-state index contributed by atoms with van der Waals surface area (Å²) >= 11 is 6.24. The smallest absolute Gasteiger partial charge is 0.134 e. The number of aromatic hydroxyl groups is 1. The Kier molecular flexibility index (Phi) is 7.61. The predicted molar refractivity (Wildman–Crippen MR) is 122 cm³/mol. The van der Waals surface area contributed by atoms with E-state index in [0.717, 1.165) is 36.0 Å². The van der Waals surface area contributed by atoms with Gasteiger partial charge in [0.25, 0.3) is 0 Å². The predicted octanol–water partition coefficient (Wildman–Crippen LogP) is 3.93. The minimum atomic E-state index is -0.835. The molecule has 2 N–H and O–H groups in total. The minimum absolute atomic E-state index is 0.100. The van der Waals surface area contributed by atoms with Crippen LogP contribution >= 0.6 is 11.6 Å². The highest BCUT2D eigenvalue weighted by Gasteiger charge is 2.45. The number of hydrogen-bond acceptors (Lipinski definition) is 5. The molecule has 0 saturated carbocycles. The Balaban J connectivity index is 0.00000124. The van der Waals surface area contributed by atoms with E-state index in [1.165, 1.54) is 0 Å². The van der Waals surface area contributed by atoms with Gasteiger partial charge in [-0.2, -0.15) is 5.10 Å². The van der Waals surface area contributed by atoms with Crippen molar-refractivity contribution in [3.8, 4) is 5.75 Å². The zero-order chi connectivity index (χ0) is 21.9. The number of phenolic OH excluding ortho intramolecular Hbond substituents is 1. The van der Waals surface area contributed by atoms with E-state index in [9.17, 15) is 9.32 Å². The maximum absolute atomic E-state index is 11.4. The lowest BCUT2D eigenvalue weighted by molar-refractivity contribution is -0.0984. The van der Waals surface area contributed by atoms with Crippen molar-refractivity contribution in [2.45, 2.75) is 64.3 Å². The maximum Gasteiger partial charge on any atom is 0.134 e. The van der Waals surface area contributed by atoms with E-state index in [4.69, 9.17) is 16.3 Å². The summed E-state index contributed by atoms with van der Waals surface area (Å²) in [5.74, 6) is 0.725. The van der Waals surface area contributed by atoms with Crippen LogP contribution in [0.4, 0.5) is 0 Å². The average molecular weight is 454 g/mol. The third-order valence-corrected chi connectivity index (χ3v) is 6.79. The van der Waals surface area contributed by atoms with E-state index in [0.29, 0.717) is 23.9 Å². The van der Waals surface area contributed by atoms with Crippen LogP contribution in [0.3, 0.4) is 0 Å². The van der Waals surface area contributed by atoms with Gasteiger partial charge in [0, 0.05) is 53.1 Å². The van der Waals surface area contributed by atoms with Crippen LogP contribution in [-0.4, -0.2) is 43.8 Å². The molecule has 166 valence electrons. The lowest BCUT2D eigenvalue weighted by Crippen LogP contribution is -2.50. The number of hydrogen-bond donors (Lipinski definition) is 2. The fourth-order valence-electron chi connectivity index (χ4n) is 4.49. The van der Waals surface area contributed by atoms with Gasteiger partial charge in [0.05, 0.1) is 30.0 Å². The lowest BCUT2D eigenvalue weighted by Gasteiger charge is -2.47. The molecule has 1 aromatic carbocycles. The zero-order valence-electron chi connectivity index (χ0n) is 18.2. The first kappa shape index (κ1) is 23.3. The normalized spacial score (nSPS) is 26.6. The fourth-order valence-corrected chi connectivity index (χ4v) is 5.10. The summed E-state index contributed by atoms with van der Waals surface area (Å²) in [5, 5.41) is 18.5. The first-order chi connectivity index (χ1) is 14.4. The molecular weight excluding hydrogens is 422 g/mol. The molecule has 30 heavy (non-hydrogen) atoms. The summed E-state index contributed by atoms with van der Waals surface area (Å²) in [6.45, 7) is 7.44. The highest BCUT2D eigenvalue weighted by molar-refractivity contribution is 7.84. The summed E-state index contributed by atoms with van der Waals surface area (Å²) in [6.07, 6.45) is 8.02. The molecule has 2 aromatic rings. The van der Waals surface area contributed by atoms with Crippen LogP contribution in [0.5, 0.6) is 5.75 Å². The molecule has 8 heteroatoms. The first-order valence-electron chi connectivity index (χ1n) is 10.6. The van der Waals surface area contributed by atoms with Gasteiger partial charge in [-0.25, -0.2) is 0 Å². The number of benzene rings is 1. The molecule has 6 nitrogen and oxygen atoms in total. The van der Waals surface area contributed by atoms with Gasteiger partial charge in [-0.05, 0) is 43.0 Å². The van der Waals surface area contributed by atoms with Crippen molar-refractivity contribution >= 4 is 22.4 Å². The van der Waals surface area contributed by atoms with Gasteiger partial charge in [0.1, 0.15) is 5.75 Å². The Labute approximate surface area is 186 Å². The van der Waals surface area contributed by atoms with Gasteiger partial charge in [-0.1, -0.05) is 25.4 Å². The number of aromatic nitrogens is 2. The third kappa shape index (κ3) is 4.90. The Morgan fingerprint density at radius 2 is 2.17 bits per heavy atom. The van der Waals surface area contributed by atoms with E-state index in [2.05, 4.69) is 17.3 Å². The lowest BCUT2D eigenvalue weighted by atomic mass is 9.74. The van der Waals surface area contributed by atoms with Gasteiger partial charge in [-0.3, -0.25) is 8.89 Å². The summed E-state index contributed by atoms with van der Waals surface area (Å²) in [5.41, 5.74) is 2.89. The van der Waals surface area contributed by atoms with E-state index in [-0.39, 0.29) is 17.8 Å². The largest absolute Gasteiger partial charge is 0.506 e. The average Bonchev–Trinajstić information content (AvgIpc) is 3.19. The van der Waals surface area contributed by atoms with Crippen LogP contribution in [0.1, 0.15) is 56.3 Å². The molecule has 0 aliphatic carbocycles. The first-order valence-corrected chi connectivity index (χ1v) is 12.7. The van der Waals surface area contributed by atoms with E-state index >= 15 is 0 Å². The van der Waals surface area contributed by atoms with Gasteiger partial charge >= 0.3 is 0 Å². The molecule has 1 fully saturated rings. The minimum Gasteiger partial charge on any atom is -0.506 e. The Morgan fingerprint density at radius 1 is 1.40 bits per heavy atom. The van der Waals surface area contributed by atoms with Gasteiger partial charge in [0.2, 0.25) is 0 Å². The van der Waals surface area contributed by atoms with Crippen LogP contribution in [0.25, 0.3) is 0 Å². The van der Waals surface area contributed by atoms with Crippen molar-refractivity contribution < 1.29 is 14.1 Å². The van der Waals surface area contributed by atoms with Crippen molar-refractivity contribution in [1.29, 1.82) is 0 Å². The number of phenols is 1. The molecule has 0 bridgehead atoms. The number of piperidine rings is 1. The number of nitrogens with one attached hydrogen (secondary N) is 1. The molecule has 1 saturated heterocycles. The van der Waals surface area contributed by atoms with Crippen LogP contribution in [0, 0.1) is 0 Å². The summed E-state index contributed by atoms with van der Waals surface area (Å²) in [7, 11) is -0.835. The molecule has 1 spiro atoms. The highest BCUT2D eigenvalue weighted by Crippen LogP contribution is 2.48. The molecule has 1 aromatic heterocycles. The number of nitrogens with zero attached hydrogens (tertiary/aromatic N) is 2. The van der Waals surface area contributed by atoms with Gasteiger partial charge in [-0.15, -0.1) is 0 Å². The molecule has 2 aliphatic heterocycles. The van der Waals surface area contributed by atoms with Crippen LogP contribution in [0.2, 0.25) is 5.02 Å². The van der Waals surface area contributed by atoms with Crippen LogP contribution < -0.4 is 5.32 Å². The number of halogens is 1. The van der Waals surface area contributed by atoms with Crippen LogP contribution in [-0.2, 0) is 34.1 Å². The molecule has 2 aliphatic rings. The van der Waals surface area contributed by atoms with Crippen LogP contribution in [0.15, 0.2) is 24.5 Å². The van der Waals surface area contributed by atoms with Crippen molar-refractivity contribution in [3.63, 3.8) is 0 Å². The Morgan fingerprint density at radius 3 is 2.90 bits per heavy atom. The number of rotatable bonds is 4. The quantitative estimate of drug-likeness (QED) is 0.733. The van der Waals surface area contributed by atoms with Crippen molar-refractivity contribution in [1.82, 2.24) is 15.1 Å². The maximum atomic E-state index is 11.4. The van der Waals surface area contributed by atoms with Gasteiger partial charge < -0.3 is 15.2 Å². The second-order valence-corrected chi connectivity index (χ2v) is 9.86. The van der Waals surface area contributed by atoms with Crippen molar-refractivity contribution in [2.24, 2.45) is 0 Å². The SMILES string of the molecule is CC.CC1CC2(CC(c3cnn(CCS(C)=O)c3)N1)OCCc1cc(O)c(Cl)cc12.